The Hall–Kier alpha value is -2.04. The maximum absolute atomic E-state index is 12.0. The minimum Gasteiger partial charge on any atom is -0.452 e. The van der Waals surface area contributed by atoms with Crippen molar-refractivity contribution in [3.8, 4) is 0 Å². The van der Waals surface area contributed by atoms with E-state index in [4.69, 9.17) is 27.9 Å². The lowest BCUT2D eigenvalue weighted by molar-refractivity contribution is -0.119. The van der Waals surface area contributed by atoms with Crippen molar-refractivity contribution in [3.63, 3.8) is 0 Å². The van der Waals surface area contributed by atoms with Gasteiger partial charge in [0.25, 0.3) is 5.91 Å². The van der Waals surface area contributed by atoms with Gasteiger partial charge in [0.1, 0.15) is 0 Å². The normalized spacial score (nSPS) is 10.2. The lowest BCUT2D eigenvalue weighted by Crippen LogP contribution is -2.21. The Bertz CT molecular complexity index is 711. The monoisotopic (exact) mass is 351 g/mol. The highest BCUT2D eigenvalue weighted by Gasteiger charge is 2.17. The molecule has 0 heterocycles. The molecule has 0 unspecified atom stereocenters. The van der Waals surface area contributed by atoms with E-state index >= 15 is 0 Å². The summed E-state index contributed by atoms with van der Waals surface area (Å²) >= 11 is 11.8. The number of amides is 1. The molecule has 0 bridgehead atoms. The molecule has 0 aliphatic rings. The third-order valence-corrected chi connectivity index (χ3v) is 3.80. The van der Waals surface area contributed by atoms with Gasteiger partial charge in [-0.25, -0.2) is 4.79 Å². The number of ether oxygens (including phenoxy) is 1. The van der Waals surface area contributed by atoms with Gasteiger partial charge in [-0.05, 0) is 30.2 Å². The first-order valence-electron chi connectivity index (χ1n) is 7.01. The van der Waals surface area contributed by atoms with Gasteiger partial charge in [-0.15, -0.1) is 0 Å². The van der Waals surface area contributed by atoms with Crippen LogP contribution < -0.4 is 5.32 Å². The number of halogens is 2. The maximum Gasteiger partial charge on any atom is 0.341 e. The van der Waals surface area contributed by atoms with Crippen LogP contribution in [0.15, 0.2) is 42.5 Å². The zero-order chi connectivity index (χ0) is 16.8. The molecule has 2 rings (SSSR count). The van der Waals surface area contributed by atoms with E-state index in [1.54, 1.807) is 12.1 Å². The molecule has 0 spiro atoms. The fourth-order valence-electron chi connectivity index (χ4n) is 2.03. The van der Waals surface area contributed by atoms with Crippen LogP contribution in [-0.2, 0) is 16.0 Å². The van der Waals surface area contributed by atoms with E-state index in [9.17, 15) is 9.59 Å². The Kier molecular flexibility index (Phi) is 6.02. The van der Waals surface area contributed by atoms with Crippen molar-refractivity contribution < 1.29 is 14.3 Å². The summed E-state index contributed by atoms with van der Waals surface area (Å²) in [6.07, 6.45) is 0.783. The second-order valence-electron chi connectivity index (χ2n) is 4.73. The van der Waals surface area contributed by atoms with Crippen molar-refractivity contribution in [3.05, 3.63) is 63.6 Å². The number of esters is 1. The van der Waals surface area contributed by atoms with Crippen LogP contribution in [0.5, 0.6) is 0 Å². The number of aryl methyl sites for hydroxylation is 1. The first kappa shape index (κ1) is 17.3. The zero-order valence-corrected chi connectivity index (χ0v) is 13.9. The smallest absolute Gasteiger partial charge is 0.341 e. The molecule has 2 aromatic carbocycles. The van der Waals surface area contributed by atoms with Crippen LogP contribution in [-0.4, -0.2) is 18.5 Å². The van der Waals surface area contributed by atoms with E-state index in [0.717, 1.165) is 12.0 Å². The molecule has 1 N–H and O–H groups in total. The zero-order valence-electron chi connectivity index (χ0n) is 12.4. The first-order chi connectivity index (χ1) is 11.0. The molecule has 23 heavy (non-hydrogen) atoms. The Morgan fingerprint density at radius 3 is 2.35 bits per heavy atom. The Morgan fingerprint density at radius 1 is 1.04 bits per heavy atom. The number of carbonyl (C=O) groups excluding carboxylic acids is 2. The number of para-hydroxylation sites is 1. The molecule has 0 saturated heterocycles. The summed E-state index contributed by atoms with van der Waals surface area (Å²) in [5.41, 5.74) is 1.76. The minimum absolute atomic E-state index is 0.0533. The summed E-state index contributed by atoms with van der Waals surface area (Å²) in [6, 6.07) is 12.1. The standard InChI is InChI=1S/C17H15Cl2NO3/c1-2-11-6-3-4-9-14(11)20-15(21)10-23-17(22)16-12(18)7-5-8-13(16)19/h3-9H,2,10H2,1H3,(H,20,21). The van der Waals surface area contributed by atoms with Gasteiger partial charge in [0, 0.05) is 5.69 Å². The summed E-state index contributed by atoms with van der Waals surface area (Å²) in [7, 11) is 0. The number of anilines is 1. The van der Waals surface area contributed by atoms with Crippen molar-refractivity contribution in [2.24, 2.45) is 0 Å². The number of hydrogen-bond acceptors (Lipinski definition) is 3. The third kappa shape index (κ3) is 4.47. The second-order valence-corrected chi connectivity index (χ2v) is 5.55. The minimum atomic E-state index is -0.737. The van der Waals surface area contributed by atoms with E-state index < -0.39 is 18.5 Å². The Morgan fingerprint density at radius 2 is 1.70 bits per heavy atom. The molecule has 0 saturated carbocycles. The van der Waals surface area contributed by atoms with Crippen LogP contribution in [0.4, 0.5) is 5.69 Å². The molecular weight excluding hydrogens is 337 g/mol. The fourth-order valence-corrected chi connectivity index (χ4v) is 2.58. The number of carbonyl (C=O) groups is 2. The van der Waals surface area contributed by atoms with Crippen molar-refractivity contribution in [2.45, 2.75) is 13.3 Å². The summed E-state index contributed by atoms with van der Waals surface area (Å²) in [4.78, 5) is 23.9. The molecule has 4 nitrogen and oxygen atoms in total. The third-order valence-electron chi connectivity index (χ3n) is 3.17. The molecule has 0 atom stereocenters. The predicted molar refractivity (Wildman–Crippen MR) is 91.2 cm³/mol. The first-order valence-corrected chi connectivity index (χ1v) is 7.77. The second kappa shape index (κ2) is 7.99. The Labute approximate surface area is 144 Å². The molecule has 0 aromatic heterocycles. The number of benzene rings is 2. The highest BCUT2D eigenvalue weighted by atomic mass is 35.5. The van der Waals surface area contributed by atoms with Crippen molar-refractivity contribution in [2.75, 3.05) is 11.9 Å². The largest absolute Gasteiger partial charge is 0.452 e. The molecule has 1 amide bonds. The molecule has 120 valence electrons. The van der Waals surface area contributed by atoms with Crippen molar-refractivity contribution in [1.82, 2.24) is 0 Å². The summed E-state index contributed by atoms with van der Waals surface area (Å²) in [5.74, 6) is -1.16. The van der Waals surface area contributed by atoms with Gasteiger partial charge >= 0.3 is 5.97 Å². The summed E-state index contributed by atoms with van der Waals surface area (Å²) in [6.45, 7) is 1.57. The topological polar surface area (TPSA) is 55.4 Å². The number of nitrogens with one attached hydrogen (secondary N) is 1. The van der Waals surface area contributed by atoms with Crippen molar-refractivity contribution in [1.29, 1.82) is 0 Å². The highest BCUT2D eigenvalue weighted by molar-refractivity contribution is 6.39. The van der Waals surface area contributed by atoms with Gasteiger partial charge in [0.2, 0.25) is 0 Å². The summed E-state index contributed by atoms with van der Waals surface area (Å²) in [5, 5.41) is 3.08. The van der Waals surface area contributed by atoms with Gasteiger partial charge in [0.05, 0.1) is 15.6 Å². The molecule has 6 heteroatoms. The highest BCUT2D eigenvalue weighted by Crippen LogP contribution is 2.25. The van der Waals surface area contributed by atoms with E-state index in [1.165, 1.54) is 12.1 Å². The molecular formula is C17H15Cl2NO3. The average Bonchev–Trinajstić information content (AvgIpc) is 2.53. The molecule has 0 fully saturated rings. The van der Waals surface area contributed by atoms with Gasteiger partial charge in [-0.2, -0.15) is 0 Å². The lowest BCUT2D eigenvalue weighted by atomic mass is 10.1. The average molecular weight is 352 g/mol. The van der Waals surface area contributed by atoms with Gasteiger partial charge < -0.3 is 10.1 Å². The predicted octanol–water partition coefficient (Wildman–Crippen LogP) is 4.35. The molecule has 2 aromatic rings. The molecule has 0 radical (unpaired) electrons. The van der Waals surface area contributed by atoms with Crippen LogP contribution in [0.3, 0.4) is 0 Å². The van der Waals surface area contributed by atoms with Crippen LogP contribution >= 0.6 is 23.2 Å². The van der Waals surface area contributed by atoms with E-state index in [0.29, 0.717) is 5.69 Å². The lowest BCUT2D eigenvalue weighted by Gasteiger charge is -2.10. The van der Waals surface area contributed by atoms with E-state index in [1.807, 2.05) is 25.1 Å². The van der Waals surface area contributed by atoms with E-state index in [2.05, 4.69) is 5.32 Å². The van der Waals surface area contributed by atoms with Gasteiger partial charge in [0.15, 0.2) is 6.61 Å². The summed E-state index contributed by atoms with van der Waals surface area (Å²) < 4.78 is 4.98. The molecule has 0 aliphatic carbocycles. The van der Waals surface area contributed by atoms with Crippen molar-refractivity contribution >= 4 is 40.8 Å². The van der Waals surface area contributed by atoms with Gasteiger partial charge in [-0.1, -0.05) is 54.4 Å². The molecule has 0 aliphatic heterocycles. The number of hydrogen-bond donors (Lipinski definition) is 1. The number of rotatable bonds is 5. The van der Waals surface area contributed by atoms with E-state index in [-0.39, 0.29) is 15.6 Å². The quantitative estimate of drug-likeness (QED) is 0.814. The van der Waals surface area contributed by atoms with Crippen LogP contribution in [0, 0.1) is 0 Å². The Balaban J connectivity index is 1.98. The fraction of sp³-hybridized carbons (Fsp3) is 0.176. The van der Waals surface area contributed by atoms with Gasteiger partial charge in [-0.3, -0.25) is 4.79 Å². The van der Waals surface area contributed by atoms with Crippen LogP contribution in [0.1, 0.15) is 22.8 Å². The van der Waals surface area contributed by atoms with Crippen LogP contribution in [0.2, 0.25) is 10.0 Å². The van der Waals surface area contributed by atoms with Crippen LogP contribution in [0.25, 0.3) is 0 Å². The SMILES string of the molecule is CCc1ccccc1NC(=O)COC(=O)c1c(Cl)cccc1Cl. The maximum atomic E-state index is 12.0.